The van der Waals surface area contributed by atoms with Gasteiger partial charge in [0.05, 0.1) is 37.0 Å². The third-order valence-electron chi connectivity index (χ3n) is 7.61. The monoisotopic (exact) mass is 466 g/mol. The highest BCUT2D eigenvalue weighted by Gasteiger charge is 2.44. The van der Waals surface area contributed by atoms with Crippen molar-refractivity contribution < 1.29 is 13.9 Å². The molecule has 4 fully saturated rings. The number of hydrogen-bond donors (Lipinski definition) is 3. The lowest BCUT2D eigenvalue weighted by atomic mass is 9.93. The van der Waals surface area contributed by atoms with E-state index in [2.05, 4.69) is 50.3 Å². The topological polar surface area (TPSA) is 72.1 Å². The van der Waals surface area contributed by atoms with Gasteiger partial charge in [-0.2, -0.15) is 0 Å². The summed E-state index contributed by atoms with van der Waals surface area (Å²) in [6, 6.07) is 13.8. The molecule has 0 radical (unpaired) electrons. The van der Waals surface area contributed by atoms with E-state index in [0.29, 0.717) is 18.2 Å². The van der Waals surface area contributed by atoms with E-state index < -0.39 is 5.82 Å². The Morgan fingerprint density at radius 1 is 1.06 bits per heavy atom. The number of morpholine rings is 1. The fourth-order valence-electron chi connectivity index (χ4n) is 5.71. The van der Waals surface area contributed by atoms with Crippen LogP contribution in [-0.2, 0) is 9.53 Å². The molecule has 2 aromatic carbocycles. The lowest BCUT2D eigenvalue weighted by molar-refractivity contribution is -0.121. The number of nitrogens with one attached hydrogen (secondary N) is 3. The van der Waals surface area contributed by atoms with E-state index in [-0.39, 0.29) is 24.0 Å². The fraction of sp³-hybridized carbons (Fsp3) is 0.480. The van der Waals surface area contributed by atoms with Gasteiger partial charge in [-0.05, 0) is 36.2 Å². The average molecular weight is 467 g/mol. The summed E-state index contributed by atoms with van der Waals surface area (Å²) in [6.07, 6.45) is 0.292. The van der Waals surface area contributed by atoms with Crippen LogP contribution in [-0.4, -0.2) is 68.3 Å². The minimum Gasteiger partial charge on any atom is -0.378 e. The Balaban J connectivity index is 1.19. The molecular weight excluding hydrogens is 435 g/mol. The van der Waals surface area contributed by atoms with Crippen molar-refractivity contribution >= 4 is 17.3 Å². The third-order valence-corrected chi connectivity index (χ3v) is 7.61. The van der Waals surface area contributed by atoms with Gasteiger partial charge in [0.1, 0.15) is 5.82 Å². The van der Waals surface area contributed by atoms with Crippen molar-refractivity contribution in [1.29, 1.82) is 0 Å². The first-order valence-electron chi connectivity index (χ1n) is 12.1. The van der Waals surface area contributed by atoms with Gasteiger partial charge in [-0.3, -0.25) is 15.1 Å². The van der Waals surface area contributed by atoms with Crippen LogP contribution in [0.2, 0.25) is 0 Å². The summed E-state index contributed by atoms with van der Waals surface area (Å²) in [4.78, 5) is 17.8. The summed E-state index contributed by atoms with van der Waals surface area (Å²) >= 11 is 0. The van der Waals surface area contributed by atoms with E-state index in [4.69, 9.17) is 4.74 Å². The fourth-order valence-corrected chi connectivity index (χ4v) is 5.71. The molecule has 9 heteroatoms. The second-order valence-corrected chi connectivity index (χ2v) is 9.67. The lowest BCUT2D eigenvalue weighted by Crippen LogP contribution is -2.60. The van der Waals surface area contributed by atoms with Gasteiger partial charge >= 0.3 is 0 Å². The Labute approximate surface area is 199 Å². The second-order valence-electron chi connectivity index (χ2n) is 9.67. The Bertz CT molecular complexity index is 1050. The van der Waals surface area contributed by atoms with Crippen molar-refractivity contribution in [2.45, 2.75) is 37.5 Å². The van der Waals surface area contributed by atoms with Crippen LogP contribution in [0.5, 0.6) is 0 Å². The van der Waals surface area contributed by atoms with Crippen molar-refractivity contribution in [2.24, 2.45) is 0 Å². The van der Waals surface area contributed by atoms with Crippen LogP contribution >= 0.6 is 0 Å². The van der Waals surface area contributed by atoms with Gasteiger partial charge in [-0.25, -0.2) is 20.3 Å². The number of piperazine rings is 1. The maximum atomic E-state index is 14.6. The normalized spacial score (nSPS) is 29.8. The molecule has 3 N–H and O–H groups in total. The van der Waals surface area contributed by atoms with Crippen LogP contribution < -0.4 is 26.2 Å². The molecule has 0 bridgehead atoms. The maximum Gasteiger partial charge on any atom is 0.243 e. The number of nitrogens with zero attached hydrogens (tertiary/aromatic N) is 3. The number of carbonyl (C=O) groups excluding carboxylic acids is 1. The molecular formula is C25H31FN6O2. The highest BCUT2D eigenvalue weighted by Crippen LogP contribution is 2.33. The number of benzene rings is 2. The number of fused-ring (bicyclic) bond motifs is 2. The first kappa shape index (κ1) is 21.9. The number of halogens is 1. The van der Waals surface area contributed by atoms with Gasteiger partial charge < -0.3 is 9.64 Å². The number of para-hydroxylation sites is 1. The minimum atomic E-state index is -0.400. The molecule has 0 aromatic heterocycles. The molecule has 4 heterocycles. The van der Waals surface area contributed by atoms with Crippen LogP contribution in [0, 0.1) is 12.7 Å². The zero-order valence-corrected chi connectivity index (χ0v) is 19.3. The molecule has 2 aromatic rings. The largest absolute Gasteiger partial charge is 0.378 e. The highest BCUT2D eigenvalue weighted by atomic mass is 19.1. The molecule has 6 rings (SSSR count). The van der Waals surface area contributed by atoms with E-state index in [1.165, 1.54) is 16.8 Å². The van der Waals surface area contributed by atoms with Gasteiger partial charge in [-0.15, -0.1) is 0 Å². The van der Waals surface area contributed by atoms with Gasteiger partial charge in [0.15, 0.2) is 0 Å². The Morgan fingerprint density at radius 2 is 1.91 bits per heavy atom. The van der Waals surface area contributed by atoms with Crippen LogP contribution in [0.3, 0.4) is 0 Å². The van der Waals surface area contributed by atoms with Crippen LogP contribution in [0.15, 0.2) is 42.5 Å². The summed E-state index contributed by atoms with van der Waals surface area (Å²) in [5.74, 6) is -0.548. The highest BCUT2D eigenvalue weighted by molar-refractivity contribution is 5.94. The molecule has 1 amide bonds. The Kier molecular flexibility index (Phi) is 5.74. The summed E-state index contributed by atoms with van der Waals surface area (Å²) in [7, 11) is 0. The number of ether oxygens (including phenoxy) is 1. The van der Waals surface area contributed by atoms with Crippen molar-refractivity contribution in [1.82, 2.24) is 21.2 Å². The number of hydrogen-bond acceptors (Lipinski definition) is 7. The number of aryl methyl sites for hydroxylation is 1. The smallest absolute Gasteiger partial charge is 0.243 e. The summed E-state index contributed by atoms with van der Waals surface area (Å²) in [5, 5.41) is 1.40. The molecule has 0 spiro atoms. The predicted octanol–water partition coefficient (Wildman–Crippen LogP) is 1.48. The second kappa shape index (κ2) is 8.90. The van der Waals surface area contributed by atoms with E-state index in [9.17, 15) is 9.18 Å². The quantitative estimate of drug-likeness (QED) is 0.633. The zero-order chi connectivity index (χ0) is 23.2. The number of rotatable bonds is 3. The molecule has 34 heavy (non-hydrogen) atoms. The molecule has 4 aliphatic rings. The molecule has 4 saturated heterocycles. The molecule has 8 nitrogen and oxygen atoms in total. The number of carbonyl (C=O) groups is 1. The van der Waals surface area contributed by atoms with Crippen LogP contribution in [0.25, 0.3) is 0 Å². The van der Waals surface area contributed by atoms with Gasteiger partial charge in [-0.1, -0.05) is 24.3 Å². The average Bonchev–Trinajstić information content (AvgIpc) is 3.26. The number of hydrazine groups is 2. The first-order chi connectivity index (χ1) is 16.6. The van der Waals surface area contributed by atoms with E-state index in [1.54, 1.807) is 6.07 Å². The predicted molar refractivity (Wildman–Crippen MR) is 128 cm³/mol. The zero-order valence-electron chi connectivity index (χ0n) is 19.3. The Morgan fingerprint density at radius 3 is 2.74 bits per heavy atom. The molecule has 0 aliphatic carbocycles. The standard InChI is InChI=1S/C25H31FN6O2/c1-16-3-2-4-20(26)25(16)32-22(33)13-21-24(29-32)23(28-27-21)17-5-7-18(8-6-17)31-10-9-30-11-12-34-15-19(30)14-31/h2-8,19,21,23-24,27-29H,9-15H2,1H3/t19-,21?,23?,24?/m1/s1. The summed E-state index contributed by atoms with van der Waals surface area (Å²) < 4.78 is 20.3. The van der Waals surface area contributed by atoms with Crippen molar-refractivity contribution in [2.75, 3.05) is 49.3 Å². The van der Waals surface area contributed by atoms with Crippen molar-refractivity contribution in [3.8, 4) is 0 Å². The maximum absolute atomic E-state index is 14.6. The molecule has 3 unspecified atom stereocenters. The molecule has 4 aliphatic heterocycles. The number of anilines is 2. The van der Waals surface area contributed by atoms with E-state index >= 15 is 0 Å². The Hall–Kier alpha value is -2.56. The SMILES string of the molecule is Cc1cccc(F)c1N1NC2C(CC1=O)NNC2c1ccc(N2CCN3CCOC[C@H]3C2)cc1. The van der Waals surface area contributed by atoms with Gasteiger partial charge in [0, 0.05) is 44.3 Å². The molecule has 180 valence electrons. The number of amides is 1. The first-order valence-corrected chi connectivity index (χ1v) is 12.1. The van der Waals surface area contributed by atoms with Crippen LogP contribution in [0.4, 0.5) is 15.8 Å². The van der Waals surface area contributed by atoms with Crippen molar-refractivity contribution in [3.05, 3.63) is 59.4 Å². The van der Waals surface area contributed by atoms with E-state index in [1.807, 2.05) is 13.0 Å². The summed E-state index contributed by atoms with van der Waals surface area (Å²) in [5.41, 5.74) is 13.3. The van der Waals surface area contributed by atoms with Gasteiger partial charge in [0.2, 0.25) is 5.91 Å². The van der Waals surface area contributed by atoms with E-state index in [0.717, 1.165) is 50.5 Å². The lowest BCUT2D eigenvalue weighted by Gasteiger charge is -2.44. The molecule has 4 atom stereocenters. The van der Waals surface area contributed by atoms with Crippen molar-refractivity contribution in [3.63, 3.8) is 0 Å². The third kappa shape index (κ3) is 3.87. The minimum absolute atomic E-state index is 0.0506. The summed E-state index contributed by atoms with van der Waals surface area (Å²) in [6.45, 7) is 7.55. The van der Waals surface area contributed by atoms with Crippen LogP contribution in [0.1, 0.15) is 23.6 Å². The van der Waals surface area contributed by atoms with Gasteiger partial charge in [0.25, 0.3) is 0 Å². The molecule has 0 saturated carbocycles.